The van der Waals surface area contributed by atoms with E-state index in [1.54, 1.807) is 18.5 Å². The van der Waals surface area contributed by atoms with E-state index in [2.05, 4.69) is 48.0 Å². The van der Waals surface area contributed by atoms with Crippen LogP contribution in [-0.2, 0) is 10.0 Å². The number of piperidine rings is 1. The summed E-state index contributed by atoms with van der Waals surface area (Å²) in [6, 6.07) is 10.3. The molecular weight excluding hydrogens is 500 g/mol. The van der Waals surface area contributed by atoms with E-state index in [9.17, 15) is 8.42 Å². The minimum Gasteiger partial charge on any atom is -0.344 e. The average molecular weight is 529 g/mol. The molecule has 10 nitrogen and oxygen atoms in total. The number of imidazole rings is 1. The van der Waals surface area contributed by atoms with E-state index >= 15 is 0 Å². The van der Waals surface area contributed by atoms with Crippen LogP contribution in [0.15, 0.2) is 55.2 Å². The molecule has 7 rings (SSSR count). The Morgan fingerprint density at radius 3 is 2.82 bits per heavy atom. The highest BCUT2D eigenvalue weighted by molar-refractivity contribution is 7.92. The minimum absolute atomic E-state index is 0.151. The zero-order valence-electron chi connectivity index (χ0n) is 20.8. The number of nitrogens with one attached hydrogen (secondary N) is 2. The molecule has 1 aromatic carbocycles. The van der Waals surface area contributed by atoms with Crippen molar-refractivity contribution in [2.75, 3.05) is 29.7 Å². The number of sulfonamides is 1. The molecular formula is C27H28N8O2S. The molecule has 2 N–H and O–H groups in total. The van der Waals surface area contributed by atoms with Gasteiger partial charge in [0.05, 0.1) is 35.0 Å². The molecule has 0 spiro atoms. The number of benzene rings is 1. The maximum absolute atomic E-state index is 12.6. The zero-order chi connectivity index (χ0) is 25.7. The summed E-state index contributed by atoms with van der Waals surface area (Å²) >= 11 is 0. The van der Waals surface area contributed by atoms with Crippen molar-refractivity contribution in [3.63, 3.8) is 0 Å². The summed E-state index contributed by atoms with van der Waals surface area (Å²) in [4.78, 5) is 21.8. The highest BCUT2D eigenvalue weighted by Crippen LogP contribution is 2.32. The number of H-pyrrole nitrogens is 1. The van der Waals surface area contributed by atoms with Crippen LogP contribution in [0.3, 0.4) is 0 Å². The number of hydrogen-bond donors (Lipinski definition) is 2. The Kier molecular flexibility index (Phi) is 5.62. The molecule has 5 aromatic rings. The molecule has 2 saturated heterocycles. The van der Waals surface area contributed by atoms with Crippen LogP contribution in [0.5, 0.6) is 0 Å². The van der Waals surface area contributed by atoms with E-state index in [1.165, 1.54) is 4.31 Å². The monoisotopic (exact) mass is 528 g/mol. The second-order valence-electron chi connectivity index (χ2n) is 10.0. The van der Waals surface area contributed by atoms with Gasteiger partial charge in [0.15, 0.2) is 5.65 Å². The molecule has 11 heteroatoms. The van der Waals surface area contributed by atoms with Crippen molar-refractivity contribution in [2.24, 2.45) is 0 Å². The third-order valence-corrected chi connectivity index (χ3v) is 9.42. The van der Waals surface area contributed by atoms with Gasteiger partial charge in [-0.1, -0.05) is 6.07 Å². The Morgan fingerprint density at radius 1 is 1.00 bits per heavy atom. The van der Waals surface area contributed by atoms with Gasteiger partial charge in [0.2, 0.25) is 10.0 Å². The fourth-order valence-corrected chi connectivity index (χ4v) is 7.15. The molecule has 194 valence electrons. The highest BCUT2D eigenvalue weighted by atomic mass is 32.2. The summed E-state index contributed by atoms with van der Waals surface area (Å²) in [7, 11) is -3.35. The van der Waals surface area contributed by atoms with Gasteiger partial charge < -0.3 is 14.9 Å². The Morgan fingerprint density at radius 2 is 1.95 bits per heavy atom. The van der Waals surface area contributed by atoms with Crippen LogP contribution in [0, 0.1) is 0 Å². The number of aromatic amines is 1. The van der Waals surface area contributed by atoms with Crippen molar-refractivity contribution in [1.29, 1.82) is 0 Å². The van der Waals surface area contributed by atoms with Crippen LogP contribution in [0.2, 0.25) is 0 Å². The van der Waals surface area contributed by atoms with Gasteiger partial charge in [-0.15, -0.1) is 0 Å². The standard InChI is InChI=1S/C27H28N8O2S/c36-38(37)11-2-1-10-35(38)25-13-19(7-9-29-25)23-16-31-27-26(33-23)21(15-30-27)18-5-6-22-24(12-18)34(17-32-22)20-4-3-8-28-14-20/h5-7,9,12-13,15-17,20,28H,1-4,8,10-11,14H2,(H,30,31). The number of anilines is 1. The van der Waals surface area contributed by atoms with Gasteiger partial charge in [0, 0.05) is 42.7 Å². The predicted molar refractivity (Wildman–Crippen MR) is 147 cm³/mol. The topological polar surface area (TPSA) is 122 Å². The lowest BCUT2D eigenvalue weighted by Crippen LogP contribution is -2.38. The van der Waals surface area contributed by atoms with Crippen LogP contribution in [0.1, 0.15) is 31.7 Å². The fraction of sp³-hybridized carbons (Fsp3) is 0.333. The predicted octanol–water partition coefficient (Wildman–Crippen LogP) is 3.89. The van der Waals surface area contributed by atoms with Crippen molar-refractivity contribution >= 4 is 38.0 Å². The second kappa shape index (κ2) is 9.17. The molecule has 0 amide bonds. The molecule has 0 aliphatic carbocycles. The van der Waals surface area contributed by atoms with Crippen molar-refractivity contribution < 1.29 is 8.42 Å². The number of pyridine rings is 1. The summed E-state index contributed by atoms with van der Waals surface area (Å²) < 4.78 is 28.9. The van der Waals surface area contributed by atoms with Crippen LogP contribution in [0.4, 0.5) is 5.82 Å². The van der Waals surface area contributed by atoms with Crippen molar-refractivity contribution in [3.8, 4) is 22.4 Å². The molecule has 1 atom stereocenters. The summed E-state index contributed by atoms with van der Waals surface area (Å²) in [6.45, 7) is 2.46. The van der Waals surface area contributed by atoms with Crippen molar-refractivity contribution in [2.45, 2.75) is 31.7 Å². The maximum atomic E-state index is 12.6. The summed E-state index contributed by atoms with van der Waals surface area (Å²) in [5.74, 6) is 0.576. The first kappa shape index (κ1) is 23.3. The fourth-order valence-electron chi connectivity index (χ4n) is 5.57. The first-order valence-electron chi connectivity index (χ1n) is 13.1. The smallest absolute Gasteiger partial charge is 0.236 e. The van der Waals surface area contributed by atoms with E-state index in [1.807, 2.05) is 18.6 Å². The van der Waals surface area contributed by atoms with Crippen LogP contribution in [0.25, 0.3) is 44.6 Å². The molecule has 6 heterocycles. The van der Waals surface area contributed by atoms with Gasteiger partial charge in [-0.2, -0.15) is 0 Å². The van der Waals surface area contributed by atoms with Gasteiger partial charge in [0.1, 0.15) is 11.3 Å². The normalized spacial score (nSPS) is 19.8. The number of aromatic nitrogens is 6. The molecule has 1 unspecified atom stereocenters. The zero-order valence-corrected chi connectivity index (χ0v) is 21.7. The summed E-state index contributed by atoms with van der Waals surface area (Å²) in [6.07, 6.45) is 11.0. The Balaban J connectivity index is 1.27. The third-order valence-electron chi connectivity index (χ3n) is 7.58. The van der Waals surface area contributed by atoms with Gasteiger partial charge in [-0.3, -0.25) is 4.31 Å². The molecule has 4 aromatic heterocycles. The van der Waals surface area contributed by atoms with Gasteiger partial charge in [-0.05, 0) is 62.1 Å². The second-order valence-corrected chi connectivity index (χ2v) is 12.0. The first-order valence-corrected chi connectivity index (χ1v) is 14.7. The SMILES string of the molecule is O=S1(=O)CCCCN1c1cc(-c2cnc3[nH]cc(-c4ccc5ncn(C6CCCNC6)c5c4)c3n2)ccn1. The minimum atomic E-state index is -3.35. The van der Waals surface area contributed by atoms with Crippen LogP contribution in [-0.4, -0.2) is 63.3 Å². The van der Waals surface area contributed by atoms with E-state index in [0.29, 0.717) is 36.2 Å². The maximum Gasteiger partial charge on any atom is 0.236 e. The lowest BCUT2D eigenvalue weighted by molar-refractivity contribution is 0.378. The van der Waals surface area contributed by atoms with Gasteiger partial charge in [-0.25, -0.2) is 28.4 Å². The van der Waals surface area contributed by atoms with E-state index in [-0.39, 0.29) is 5.75 Å². The average Bonchev–Trinajstić information content (AvgIpc) is 3.57. The Hall–Kier alpha value is -3.83. The summed E-state index contributed by atoms with van der Waals surface area (Å²) in [5, 5.41) is 3.49. The van der Waals surface area contributed by atoms with E-state index < -0.39 is 10.0 Å². The van der Waals surface area contributed by atoms with Gasteiger partial charge in [0.25, 0.3) is 0 Å². The lowest BCUT2D eigenvalue weighted by atomic mass is 10.1. The third kappa shape index (κ3) is 4.02. The van der Waals surface area contributed by atoms with Crippen LogP contribution < -0.4 is 9.62 Å². The molecule has 2 fully saturated rings. The Labute approximate surface area is 220 Å². The number of nitrogens with zero attached hydrogens (tertiary/aromatic N) is 6. The largest absolute Gasteiger partial charge is 0.344 e. The van der Waals surface area contributed by atoms with Crippen molar-refractivity contribution in [3.05, 3.63) is 55.2 Å². The number of fused-ring (bicyclic) bond motifs is 2. The molecule has 0 radical (unpaired) electrons. The first-order chi connectivity index (χ1) is 18.6. The van der Waals surface area contributed by atoms with Crippen LogP contribution >= 0.6 is 0 Å². The molecule has 0 saturated carbocycles. The molecule has 2 aliphatic rings. The van der Waals surface area contributed by atoms with E-state index in [0.717, 1.165) is 65.6 Å². The molecule has 2 aliphatic heterocycles. The Bertz CT molecular complexity index is 1750. The number of rotatable bonds is 4. The quantitative estimate of drug-likeness (QED) is 0.363. The lowest BCUT2D eigenvalue weighted by Gasteiger charge is -2.27. The number of hydrogen-bond acceptors (Lipinski definition) is 7. The van der Waals surface area contributed by atoms with Gasteiger partial charge >= 0.3 is 0 Å². The summed E-state index contributed by atoms with van der Waals surface area (Å²) in [5.41, 5.74) is 6.97. The molecule has 0 bridgehead atoms. The van der Waals surface area contributed by atoms with Crippen molar-refractivity contribution in [1.82, 2.24) is 34.8 Å². The van der Waals surface area contributed by atoms with E-state index in [4.69, 9.17) is 4.98 Å². The molecule has 38 heavy (non-hydrogen) atoms. The highest BCUT2D eigenvalue weighted by Gasteiger charge is 2.27.